The van der Waals surface area contributed by atoms with Gasteiger partial charge in [0, 0.05) is 38.2 Å². The van der Waals surface area contributed by atoms with Gasteiger partial charge in [-0.2, -0.15) is 31.7 Å². The first-order valence-corrected chi connectivity index (χ1v) is 8.65. The van der Waals surface area contributed by atoms with E-state index in [1.165, 1.54) is 33.5 Å². The molecule has 133 valence electrons. The van der Waals surface area contributed by atoms with E-state index in [-0.39, 0.29) is 6.71 Å². The largest absolute Gasteiger partial charge is 0.276 e. The van der Waals surface area contributed by atoms with Gasteiger partial charge in [-0.1, -0.05) is 0 Å². The minimum absolute atomic E-state index is 0.0936. The van der Waals surface area contributed by atoms with Gasteiger partial charge in [-0.3, -0.25) is 14.0 Å². The fourth-order valence-corrected chi connectivity index (χ4v) is 4.06. The lowest BCUT2D eigenvalue weighted by molar-refractivity contribution is 0.731. The van der Waals surface area contributed by atoms with E-state index in [0.29, 0.717) is 0 Å². The van der Waals surface area contributed by atoms with Gasteiger partial charge in [0.25, 0.3) is 0 Å². The smallest absolute Gasteiger partial charge is 0.0298 e. The monoisotopic (exact) mass is 338 g/mol. The molecule has 0 aromatic carbocycles. The maximum Gasteiger partial charge on any atom is 0.0298 e. The molecule has 3 rings (SSSR count). The van der Waals surface area contributed by atoms with Crippen molar-refractivity contribution >= 4 is 23.1 Å². The number of aryl methyl sites for hydroxylation is 6. The average molecular weight is 338 g/mol. The Morgan fingerprint density at radius 2 is 0.760 bits per heavy atom. The molecule has 6 nitrogen and oxygen atoms in total. The van der Waals surface area contributed by atoms with E-state index in [0.717, 1.165) is 17.1 Å². The predicted molar refractivity (Wildman–Crippen MR) is 103 cm³/mol. The number of aromatic nitrogens is 6. The Hall–Kier alpha value is -2.31. The molecule has 0 spiro atoms. The lowest BCUT2D eigenvalue weighted by atomic mass is 9.35. The summed E-state index contributed by atoms with van der Waals surface area (Å²) in [7, 11) is 6.03. The molecule has 0 amide bonds. The third-order valence-corrected chi connectivity index (χ3v) is 5.56. The molecule has 7 heteroatoms. The highest BCUT2D eigenvalue weighted by atomic mass is 15.3. The molecule has 3 heterocycles. The van der Waals surface area contributed by atoms with Crippen molar-refractivity contribution in [2.75, 3.05) is 0 Å². The Bertz CT molecular complexity index is 835. The summed E-state index contributed by atoms with van der Waals surface area (Å²) >= 11 is 0. The first-order chi connectivity index (χ1) is 11.6. The van der Waals surface area contributed by atoms with Crippen LogP contribution in [0.3, 0.4) is 0 Å². The quantitative estimate of drug-likeness (QED) is 0.644. The first kappa shape index (κ1) is 17.5. The van der Waals surface area contributed by atoms with Crippen LogP contribution in [0, 0.1) is 41.5 Å². The lowest BCUT2D eigenvalue weighted by Gasteiger charge is -2.31. The van der Waals surface area contributed by atoms with E-state index in [2.05, 4.69) is 56.8 Å². The van der Waals surface area contributed by atoms with Crippen molar-refractivity contribution < 1.29 is 0 Å². The third-order valence-electron chi connectivity index (χ3n) is 5.56. The van der Waals surface area contributed by atoms with Crippen LogP contribution in [0.25, 0.3) is 0 Å². The molecular weight excluding hydrogens is 311 g/mol. The summed E-state index contributed by atoms with van der Waals surface area (Å²) in [4.78, 5) is 0. The Labute approximate surface area is 149 Å². The van der Waals surface area contributed by atoms with Crippen LogP contribution in [-0.2, 0) is 21.1 Å². The second-order valence-corrected chi connectivity index (χ2v) is 7.06. The summed E-state index contributed by atoms with van der Waals surface area (Å²) in [6, 6.07) is 0. The topological polar surface area (TPSA) is 53.5 Å². The van der Waals surface area contributed by atoms with E-state index in [4.69, 9.17) is 0 Å². The minimum Gasteiger partial charge on any atom is -0.276 e. The van der Waals surface area contributed by atoms with Crippen LogP contribution in [0.2, 0.25) is 0 Å². The molecule has 0 N–H and O–H groups in total. The van der Waals surface area contributed by atoms with Crippen molar-refractivity contribution in [2.45, 2.75) is 41.5 Å². The van der Waals surface area contributed by atoms with E-state index in [9.17, 15) is 0 Å². The third kappa shape index (κ3) is 2.53. The number of nitrogens with zero attached hydrogens (tertiary/aromatic N) is 6. The Balaban J connectivity index is 2.41. The molecule has 25 heavy (non-hydrogen) atoms. The molecule has 0 bridgehead atoms. The van der Waals surface area contributed by atoms with E-state index >= 15 is 0 Å². The second kappa shape index (κ2) is 5.90. The van der Waals surface area contributed by atoms with Crippen LogP contribution in [0.1, 0.15) is 34.2 Å². The Morgan fingerprint density at radius 1 is 0.520 bits per heavy atom. The van der Waals surface area contributed by atoms with Gasteiger partial charge in [-0.15, -0.1) is 0 Å². The van der Waals surface area contributed by atoms with Gasteiger partial charge < -0.3 is 0 Å². The maximum absolute atomic E-state index is 4.68. The van der Waals surface area contributed by atoms with Gasteiger partial charge >= 0.3 is 0 Å². The highest BCUT2D eigenvalue weighted by Gasteiger charge is 2.22. The Morgan fingerprint density at radius 3 is 0.920 bits per heavy atom. The van der Waals surface area contributed by atoms with Crippen molar-refractivity contribution in [3.63, 3.8) is 0 Å². The van der Waals surface area contributed by atoms with Crippen molar-refractivity contribution in [3.05, 3.63) is 34.2 Å². The van der Waals surface area contributed by atoms with Gasteiger partial charge in [-0.05, 0) is 65.3 Å². The summed E-state index contributed by atoms with van der Waals surface area (Å²) in [5, 5.41) is 14.0. The summed E-state index contributed by atoms with van der Waals surface area (Å²) in [6.45, 7) is 12.8. The predicted octanol–water partition coefficient (Wildman–Crippen LogP) is 0.254. The van der Waals surface area contributed by atoms with Gasteiger partial charge in [-0.25, -0.2) is 0 Å². The second-order valence-electron chi connectivity index (χ2n) is 7.06. The highest BCUT2D eigenvalue weighted by Crippen LogP contribution is 2.10. The summed E-state index contributed by atoms with van der Waals surface area (Å²) in [6.07, 6.45) is 0. The fourth-order valence-electron chi connectivity index (χ4n) is 4.06. The zero-order chi connectivity index (χ0) is 18.6. The van der Waals surface area contributed by atoms with Gasteiger partial charge in [0.05, 0.1) is 0 Å². The fraction of sp³-hybridized carbons (Fsp3) is 0.500. The van der Waals surface area contributed by atoms with Crippen molar-refractivity contribution in [1.29, 1.82) is 0 Å². The van der Waals surface area contributed by atoms with Gasteiger partial charge in [0.2, 0.25) is 0 Å². The number of rotatable bonds is 3. The molecule has 0 unspecified atom stereocenters. The van der Waals surface area contributed by atoms with Crippen LogP contribution in [0.4, 0.5) is 0 Å². The molecule has 3 aromatic heterocycles. The molecule has 3 aromatic rings. The standard InChI is InChI=1S/C18H27BN6/c1-10-16(13(4)23(7)20-10)19(17-11(2)21-24(8)14(17)5)18-12(3)22-25(9)15(18)6/h1-9H3/q-1. The van der Waals surface area contributed by atoms with E-state index < -0.39 is 0 Å². The zero-order valence-electron chi connectivity index (χ0n) is 16.8. The van der Waals surface area contributed by atoms with Crippen LogP contribution in [0.15, 0.2) is 0 Å². The summed E-state index contributed by atoms with van der Waals surface area (Å²) in [5.74, 6) is 0. The molecule has 0 aliphatic heterocycles. The van der Waals surface area contributed by atoms with Crippen LogP contribution in [-0.4, -0.2) is 36.1 Å². The molecule has 0 aliphatic carbocycles. The van der Waals surface area contributed by atoms with Crippen LogP contribution < -0.4 is 16.4 Å². The van der Waals surface area contributed by atoms with Gasteiger partial charge in [0.15, 0.2) is 0 Å². The zero-order valence-corrected chi connectivity index (χ0v) is 16.8. The van der Waals surface area contributed by atoms with E-state index in [1.54, 1.807) is 0 Å². The molecule has 0 saturated carbocycles. The number of hydrogen-bond acceptors (Lipinski definition) is 3. The minimum atomic E-state index is 0.0936. The van der Waals surface area contributed by atoms with Crippen molar-refractivity contribution in [1.82, 2.24) is 29.3 Å². The van der Waals surface area contributed by atoms with Crippen LogP contribution >= 0.6 is 0 Å². The van der Waals surface area contributed by atoms with Crippen molar-refractivity contribution in [3.8, 4) is 0 Å². The molecular formula is C18H27BN6-. The average Bonchev–Trinajstić information content (AvgIpc) is 3.02. The summed E-state index contributed by atoms with van der Waals surface area (Å²) < 4.78 is 5.92. The normalized spacial score (nSPS) is 11.8. The maximum atomic E-state index is 4.68. The molecule has 0 aliphatic rings. The van der Waals surface area contributed by atoms with Gasteiger partial charge in [0.1, 0.15) is 0 Å². The molecule has 0 fully saturated rings. The van der Waals surface area contributed by atoms with Crippen LogP contribution in [0.5, 0.6) is 0 Å². The Kier molecular flexibility index (Phi) is 4.13. The lowest BCUT2D eigenvalue weighted by Crippen LogP contribution is -2.56. The number of hydrogen-bond donors (Lipinski definition) is 0. The highest BCUT2D eigenvalue weighted by molar-refractivity contribution is 6.97. The molecule has 0 atom stereocenters. The molecule has 0 saturated heterocycles. The SMILES string of the molecule is Cc1nn(C)c(C)c1[B-](c1c(C)nn(C)c1C)c1c(C)nn(C)c1C. The van der Waals surface area contributed by atoms with E-state index in [1.807, 2.05) is 35.2 Å². The summed E-state index contributed by atoms with van der Waals surface area (Å²) in [5.41, 5.74) is 10.6. The first-order valence-electron chi connectivity index (χ1n) is 8.65. The molecule has 1 radical (unpaired) electrons. The van der Waals surface area contributed by atoms with Crippen molar-refractivity contribution in [2.24, 2.45) is 21.1 Å².